The largest absolute Gasteiger partial charge is 0.497 e. The number of methoxy groups -OCH3 is 1. The fourth-order valence-electron chi connectivity index (χ4n) is 1.58. The van der Waals surface area contributed by atoms with E-state index in [0.717, 1.165) is 11.4 Å². The maximum atomic E-state index is 11.8. The molecular formula is C16H24N2O4S. The predicted octanol–water partition coefficient (Wildman–Crippen LogP) is 2.89. The molecule has 2 N–H and O–H groups in total. The fourth-order valence-corrected chi connectivity index (χ4v) is 2.22. The molecule has 0 heterocycles. The van der Waals surface area contributed by atoms with Crippen molar-refractivity contribution >= 4 is 29.4 Å². The standard InChI is InChI=1S/C16H24N2O4S/c1-16(2,3)22-15(20)17-9-10-23-11-14(19)18-12-5-7-13(21-4)8-6-12/h5-8H,9-11H2,1-4H3,(H,17,20)(H,18,19). The molecule has 1 aromatic carbocycles. The molecule has 2 amide bonds. The smallest absolute Gasteiger partial charge is 0.407 e. The van der Waals surface area contributed by atoms with Gasteiger partial charge in [0, 0.05) is 18.0 Å². The highest BCUT2D eigenvalue weighted by molar-refractivity contribution is 7.99. The first-order valence-electron chi connectivity index (χ1n) is 7.28. The SMILES string of the molecule is COc1ccc(NC(=O)CSCCNC(=O)OC(C)(C)C)cc1. The van der Waals surface area contributed by atoms with Crippen LogP contribution in [-0.4, -0.2) is 42.8 Å². The van der Waals surface area contributed by atoms with Crippen LogP contribution >= 0.6 is 11.8 Å². The van der Waals surface area contributed by atoms with Crippen LogP contribution in [-0.2, 0) is 9.53 Å². The summed E-state index contributed by atoms with van der Waals surface area (Å²) in [6.45, 7) is 5.88. The number of alkyl carbamates (subject to hydrolysis) is 1. The van der Waals surface area contributed by atoms with Crippen LogP contribution in [0.3, 0.4) is 0 Å². The van der Waals surface area contributed by atoms with Crippen molar-refractivity contribution in [2.75, 3.05) is 30.5 Å². The third kappa shape index (κ3) is 8.97. The lowest BCUT2D eigenvalue weighted by Gasteiger charge is -2.19. The number of rotatable bonds is 7. The third-order valence-electron chi connectivity index (χ3n) is 2.52. The van der Waals surface area contributed by atoms with Gasteiger partial charge in [0.2, 0.25) is 5.91 Å². The number of hydrogen-bond acceptors (Lipinski definition) is 5. The van der Waals surface area contributed by atoms with Crippen molar-refractivity contribution in [2.45, 2.75) is 26.4 Å². The van der Waals surface area contributed by atoms with E-state index in [1.165, 1.54) is 11.8 Å². The minimum absolute atomic E-state index is 0.0857. The highest BCUT2D eigenvalue weighted by atomic mass is 32.2. The molecule has 128 valence electrons. The molecule has 7 heteroatoms. The Morgan fingerprint density at radius 1 is 1.17 bits per heavy atom. The van der Waals surface area contributed by atoms with E-state index in [4.69, 9.17) is 9.47 Å². The predicted molar refractivity (Wildman–Crippen MR) is 93.2 cm³/mol. The summed E-state index contributed by atoms with van der Waals surface area (Å²) < 4.78 is 10.2. The Morgan fingerprint density at radius 3 is 2.39 bits per heavy atom. The first-order chi connectivity index (χ1) is 10.8. The molecule has 0 aliphatic rings. The molecule has 1 aromatic rings. The van der Waals surface area contributed by atoms with Crippen molar-refractivity contribution in [3.8, 4) is 5.75 Å². The normalized spacial score (nSPS) is 10.8. The number of amides is 2. The van der Waals surface area contributed by atoms with Gasteiger partial charge in [-0.05, 0) is 45.0 Å². The molecule has 0 saturated carbocycles. The van der Waals surface area contributed by atoms with E-state index in [0.29, 0.717) is 18.1 Å². The Balaban J connectivity index is 2.15. The Bertz CT molecular complexity index is 512. The summed E-state index contributed by atoms with van der Waals surface area (Å²) in [6.07, 6.45) is -0.444. The maximum absolute atomic E-state index is 11.8. The number of thioether (sulfide) groups is 1. The van der Waals surface area contributed by atoms with Crippen molar-refractivity contribution in [1.29, 1.82) is 0 Å². The summed E-state index contributed by atoms with van der Waals surface area (Å²) in [4.78, 5) is 23.2. The number of nitrogens with one attached hydrogen (secondary N) is 2. The number of carbonyl (C=O) groups is 2. The Morgan fingerprint density at radius 2 is 1.83 bits per heavy atom. The molecule has 1 rings (SSSR count). The van der Waals surface area contributed by atoms with E-state index < -0.39 is 11.7 Å². The third-order valence-corrected chi connectivity index (χ3v) is 3.48. The summed E-state index contributed by atoms with van der Waals surface area (Å²) in [5, 5.41) is 5.44. The van der Waals surface area contributed by atoms with E-state index in [2.05, 4.69) is 10.6 Å². The van der Waals surface area contributed by atoms with Gasteiger partial charge >= 0.3 is 6.09 Å². The second-order valence-electron chi connectivity index (χ2n) is 5.76. The molecule has 0 saturated heterocycles. The number of hydrogen-bond donors (Lipinski definition) is 2. The Labute approximate surface area is 141 Å². The highest BCUT2D eigenvalue weighted by Crippen LogP contribution is 2.15. The highest BCUT2D eigenvalue weighted by Gasteiger charge is 2.15. The van der Waals surface area contributed by atoms with Gasteiger partial charge in [-0.2, -0.15) is 11.8 Å². The summed E-state index contributed by atoms with van der Waals surface area (Å²) in [5.74, 6) is 1.61. The van der Waals surface area contributed by atoms with Crippen LogP contribution in [0.4, 0.5) is 10.5 Å². The van der Waals surface area contributed by atoms with Crippen molar-refractivity contribution in [2.24, 2.45) is 0 Å². The quantitative estimate of drug-likeness (QED) is 0.746. The molecule has 0 bridgehead atoms. The van der Waals surface area contributed by atoms with Gasteiger partial charge < -0.3 is 20.1 Å². The second kappa shape index (κ2) is 9.29. The van der Waals surface area contributed by atoms with E-state index in [1.54, 1.807) is 31.4 Å². The maximum Gasteiger partial charge on any atom is 0.407 e. The van der Waals surface area contributed by atoms with Gasteiger partial charge in [0.15, 0.2) is 0 Å². The second-order valence-corrected chi connectivity index (χ2v) is 6.86. The lowest BCUT2D eigenvalue weighted by molar-refractivity contribution is -0.113. The number of anilines is 1. The van der Waals surface area contributed by atoms with E-state index >= 15 is 0 Å². The first kappa shape index (κ1) is 19.2. The lowest BCUT2D eigenvalue weighted by Crippen LogP contribution is -2.33. The minimum Gasteiger partial charge on any atom is -0.497 e. The molecule has 0 aliphatic carbocycles. The average molecular weight is 340 g/mol. The number of carbonyl (C=O) groups excluding carboxylic acids is 2. The summed E-state index contributed by atoms with van der Waals surface area (Å²) in [7, 11) is 1.59. The Hall–Kier alpha value is -1.89. The zero-order valence-corrected chi connectivity index (χ0v) is 14.8. The molecule has 0 aliphatic heterocycles. The van der Waals surface area contributed by atoms with Crippen LogP contribution in [0.5, 0.6) is 5.75 Å². The van der Waals surface area contributed by atoms with Gasteiger partial charge in [0.25, 0.3) is 0 Å². The van der Waals surface area contributed by atoms with Crippen LogP contribution in [0, 0.1) is 0 Å². The van der Waals surface area contributed by atoms with Gasteiger partial charge in [-0.15, -0.1) is 0 Å². The number of benzene rings is 1. The lowest BCUT2D eigenvalue weighted by atomic mass is 10.2. The minimum atomic E-state index is -0.504. The van der Waals surface area contributed by atoms with Crippen LogP contribution in [0.1, 0.15) is 20.8 Å². The molecule has 23 heavy (non-hydrogen) atoms. The molecule has 0 atom stereocenters. The monoisotopic (exact) mass is 340 g/mol. The molecule has 0 radical (unpaired) electrons. The van der Waals surface area contributed by atoms with Crippen LogP contribution in [0.2, 0.25) is 0 Å². The van der Waals surface area contributed by atoms with Gasteiger partial charge in [0.05, 0.1) is 12.9 Å². The van der Waals surface area contributed by atoms with Crippen LogP contribution < -0.4 is 15.4 Å². The summed E-state index contributed by atoms with van der Waals surface area (Å²) in [6, 6.07) is 7.14. The van der Waals surface area contributed by atoms with Crippen LogP contribution in [0.25, 0.3) is 0 Å². The number of ether oxygens (including phenoxy) is 2. The summed E-state index contributed by atoms with van der Waals surface area (Å²) >= 11 is 1.44. The van der Waals surface area contributed by atoms with Crippen molar-refractivity contribution in [3.05, 3.63) is 24.3 Å². The average Bonchev–Trinajstić information content (AvgIpc) is 2.46. The Kier molecular flexibility index (Phi) is 7.74. The van der Waals surface area contributed by atoms with Crippen molar-refractivity contribution in [1.82, 2.24) is 5.32 Å². The molecular weight excluding hydrogens is 316 g/mol. The summed E-state index contributed by atoms with van der Waals surface area (Å²) in [5.41, 5.74) is 0.221. The van der Waals surface area contributed by atoms with E-state index in [1.807, 2.05) is 20.8 Å². The van der Waals surface area contributed by atoms with Gasteiger partial charge in [-0.1, -0.05) is 0 Å². The molecule has 0 unspecified atom stereocenters. The molecule has 0 aromatic heterocycles. The first-order valence-corrected chi connectivity index (χ1v) is 8.44. The van der Waals surface area contributed by atoms with Crippen LogP contribution in [0.15, 0.2) is 24.3 Å². The molecule has 0 spiro atoms. The van der Waals surface area contributed by atoms with Crippen molar-refractivity contribution < 1.29 is 19.1 Å². The van der Waals surface area contributed by atoms with E-state index in [9.17, 15) is 9.59 Å². The molecule has 6 nitrogen and oxygen atoms in total. The fraction of sp³-hybridized carbons (Fsp3) is 0.500. The van der Waals surface area contributed by atoms with Gasteiger partial charge in [0.1, 0.15) is 11.4 Å². The van der Waals surface area contributed by atoms with Crippen molar-refractivity contribution in [3.63, 3.8) is 0 Å². The zero-order valence-electron chi connectivity index (χ0n) is 14.0. The van der Waals surface area contributed by atoms with Gasteiger partial charge in [-0.3, -0.25) is 4.79 Å². The molecule has 0 fully saturated rings. The zero-order chi connectivity index (χ0) is 17.3. The topological polar surface area (TPSA) is 76.7 Å². The van der Waals surface area contributed by atoms with E-state index in [-0.39, 0.29) is 5.91 Å². The van der Waals surface area contributed by atoms with Gasteiger partial charge in [-0.25, -0.2) is 4.79 Å².